The second-order valence-corrected chi connectivity index (χ2v) is 5.15. The van der Waals surface area contributed by atoms with Crippen LogP contribution in [0.4, 0.5) is 0 Å². The van der Waals surface area contributed by atoms with Crippen molar-refractivity contribution in [2.45, 2.75) is 13.3 Å². The molecule has 88 valence electrons. The highest BCUT2D eigenvalue weighted by molar-refractivity contribution is 7.20. The molecule has 0 N–H and O–H groups in total. The molecule has 1 aromatic heterocycles. The van der Waals surface area contributed by atoms with E-state index in [4.69, 9.17) is 9.47 Å². The van der Waals surface area contributed by atoms with E-state index in [9.17, 15) is 4.79 Å². The Morgan fingerprint density at radius 1 is 1.47 bits per heavy atom. The maximum Gasteiger partial charge on any atom is 0.169 e. The largest absolute Gasteiger partial charge is 0.493 e. The van der Waals surface area contributed by atoms with Gasteiger partial charge in [0, 0.05) is 28.1 Å². The van der Waals surface area contributed by atoms with Crippen molar-refractivity contribution in [1.82, 2.24) is 0 Å². The van der Waals surface area contributed by atoms with E-state index in [1.54, 1.807) is 14.0 Å². The van der Waals surface area contributed by atoms with E-state index in [1.807, 2.05) is 12.1 Å². The molecule has 0 saturated heterocycles. The minimum absolute atomic E-state index is 0.109. The smallest absolute Gasteiger partial charge is 0.169 e. The van der Waals surface area contributed by atoms with E-state index in [1.165, 1.54) is 16.9 Å². The van der Waals surface area contributed by atoms with Gasteiger partial charge in [-0.3, -0.25) is 4.79 Å². The second-order valence-electron chi connectivity index (χ2n) is 4.06. The van der Waals surface area contributed by atoms with Gasteiger partial charge >= 0.3 is 0 Å². The van der Waals surface area contributed by atoms with Crippen molar-refractivity contribution in [2.24, 2.45) is 0 Å². The molecular formula is C13H12O3S. The van der Waals surface area contributed by atoms with Gasteiger partial charge in [-0.2, -0.15) is 0 Å². The summed E-state index contributed by atoms with van der Waals surface area (Å²) in [6.07, 6.45) is 0.886. The summed E-state index contributed by atoms with van der Waals surface area (Å²) in [6.45, 7) is 2.29. The van der Waals surface area contributed by atoms with Crippen molar-refractivity contribution >= 4 is 27.2 Å². The molecule has 3 rings (SSSR count). The molecule has 0 atom stereocenters. The number of benzene rings is 1. The Kier molecular flexibility index (Phi) is 2.33. The fourth-order valence-electron chi connectivity index (χ4n) is 2.19. The Morgan fingerprint density at radius 3 is 3.00 bits per heavy atom. The average molecular weight is 248 g/mol. The van der Waals surface area contributed by atoms with Gasteiger partial charge in [0.1, 0.15) is 0 Å². The van der Waals surface area contributed by atoms with Crippen LogP contribution >= 0.6 is 11.3 Å². The van der Waals surface area contributed by atoms with E-state index in [-0.39, 0.29) is 5.78 Å². The van der Waals surface area contributed by atoms with Crippen molar-refractivity contribution < 1.29 is 14.3 Å². The predicted molar refractivity (Wildman–Crippen MR) is 67.6 cm³/mol. The monoisotopic (exact) mass is 248 g/mol. The molecule has 0 spiro atoms. The zero-order valence-corrected chi connectivity index (χ0v) is 10.5. The fourth-order valence-corrected chi connectivity index (χ4v) is 3.21. The second kappa shape index (κ2) is 3.74. The molecule has 2 heterocycles. The van der Waals surface area contributed by atoms with Gasteiger partial charge in [-0.1, -0.05) is 0 Å². The summed E-state index contributed by atoms with van der Waals surface area (Å²) in [5.41, 5.74) is 1.17. The molecule has 0 aliphatic carbocycles. The zero-order chi connectivity index (χ0) is 12.0. The summed E-state index contributed by atoms with van der Waals surface area (Å²) < 4.78 is 12.0. The van der Waals surface area contributed by atoms with Gasteiger partial charge in [0.05, 0.1) is 18.6 Å². The highest BCUT2D eigenvalue weighted by Crippen LogP contribution is 2.43. The fraction of sp³-hybridized carbons (Fsp3) is 0.308. The number of hydrogen-bond acceptors (Lipinski definition) is 4. The summed E-state index contributed by atoms with van der Waals surface area (Å²) in [4.78, 5) is 12.2. The number of Topliss-reactive ketones (excluding diaryl/α,β-unsaturated/α-hetero) is 1. The Bertz CT molecular complexity index is 613. The van der Waals surface area contributed by atoms with E-state index >= 15 is 0 Å². The molecule has 2 aromatic rings. The molecule has 3 nitrogen and oxygen atoms in total. The Hall–Kier alpha value is -1.55. The number of carbonyl (C=O) groups is 1. The van der Waals surface area contributed by atoms with Crippen LogP contribution < -0.4 is 9.47 Å². The van der Waals surface area contributed by atoms with Gasteiger partial charge in [0.15, 0.2) is 17.3 Å². The van der Waals surface area contributed by atoms with Crippen LogP contribution in [0.3, 0.4) is 0 Å². The normalized spacial score (nSPS) is 13.5. The van der Waals surface area contributed by atoms with Crippen molar-refractivity contribution in [2.75, 3.05) is 13.7 Å². The molecule has 0 bridgehead atoms. The third kappa shape index (κ3) is 1.52. The maximum atomic E-state index is 11.4. The first-order valence-electron chi connectivity index (χ1n) is 5.48. The van der Waals surface area contributed by atoms with Crippen LogP contribution in [-0.2, 0) is 6.42 Å². The lowest BCUT2D eigenvalue weighted by Gasteiger charge is -2.07. The summed E-state index contributed by atoms with van der Waals surface area (Å²) in [7, 11) is 1.64. The first-order chi connectivity index (χ1) is 8.20. The third-order valence-corrected chi connectivity index (χ3v) is 4.19. The molecule has 17 heavy (non-hydrogen) atoms. The van der Waals surface area contributed by atoms with Crippen molar-refractivity contribution in [3.05, 3.63) is 22.6 Å². The van der Waals surface area contributed by atoms with Gasteiger partial charge in [0.25, 0.3) is 0 Å². The molecule has 0 saturated carbocycles. The lowest BCUT2D eigenvalue weighted by Crippen LogP contribution is -1.89. The van der Waals surface area contributed by atoms with Gasteiger partial charge in [0.2, 0.25) is 0 Å². The van der Waals surface area contributed by atoms with Gasteiger partial charge < -0.3 is 9.47 Å². The number of methoxy groups -OCH3 is 1. The lowest BCUT2D eigenvalue weighted by atomic mass is 10.1. The van der Waals surface area contributed by atoms with Crippen molar-refractivity contribution in [3.63, 3.8) is 0 Å². The molecule has 1 aliphatic rings. The van der Waals surface area contributed by atoms with Gasteiger partial charge in [-0.25, -0.2) is 0 Å². The lowest BCUT2D eigenvalue weighted by molar-refractivity contribution is 0.102. The third-order valence-electron chi connectivity index (χ3n) is 3.01. The van der Waals surface area contributed by atoms with E-state index in [2.05, 4.69) is 0 Å². The summed E-state index contributed by atoms with van der Waals surface area (Å²) >= 11 is 1.52. The number of fused-ring (bicyclic) bond motifs is 3. The Balaban J connectivity index is 2.32. The molecule has 0 amide bonds. The number of hydrogen-bond donors (Lipinski definition) is 0. The molecular weight excluding hydrogens is 236 g/mol. The Morgan fingerprint density at radius 2 is 2.29 bits per heavy atom. The van der Waals surface area contributed by atoms with Crippen molar-refractivity contribution in [3.8, 4) is 11.5 Å². The highest BCUT2D eigenvalue weighted by atomic mass is 32.1. The van der Waals surface area contributed by atoms with Crippen LogP contribution in [0, 0.1) is 0 Å². The van der Waals surface area contributed by atoms with Crippen LogP contribution in [0.5, 0.6) is 11.5 Å². The predicted octanol–water partition coefficient (Wildman–Crippen LogP) is 3.05. The topological polar surface area (TPSA) is 35.5 Å². The number of carbonyl (C=O) groups excluding carboxylic acids is 1. The highest BCUT2D eigenvalue weighted by Gasteiger charge is 2.22. The van der Waals surface area contributed by atoms with E-state index < -0.39 is 0 Å². The molecule has 1 aliphatic heterocycles. The van der Waals surface area contributed by atoms with Crippen molar-refractivity contribution in [1.29, 1.82) is 0 Å². The van der Waals surface area contributed by atoms with Crippen LogP contribution in [0.2, 0.25) is 0 Å². The average Bonchev–Trinajstić information content (AvgIpc) is 2.93. The molecule has 4 heteroatoms. The molecule has 1 aromatic carbocycles. The molecule has 0 radical (unpaired) electrons. The SMILES string of the molecule is COc1cc2sc(C(C)=O)cc2c2c1OCC2. The first kappa shape index (κ1) is 10.6. The number of rotatable bonds is 2. The van der Waals surface area contributed by atoms with Crippen LogP contribution in [0.1, 0.15) is 22.2 Å². The van der Waals surface area contributed by atoms with Gasteiger partial charge in [-0.15, -0.1) is 11.3 Å². The van der Waals surface area contributed by atoms with Crippen LogP contribution in [0.25, 0.3) is 10.1 Å². The summed E-state index contributed by atoms with van der Waals surface area (Å²) in [6, 6.07) is 3.92. The number of ether oxygens (including phenoxy) is 2. The quantitative estimate of drug-likeness (QED) is 0.766. The van der Waals surface area contributed by atoms with Gasteiger partial charge in [-0.05, 0) is 13.0 Å². The zero-order valence-electron chi connectivity index (χ0n) is 9.70. The number of thiophene rings is 1. The minimum atomic E-state index is 0.109. The molecule has 0 unspecified atom stereocenters. The first-order valence-corrected chi connectivity index (χ1v) is 6.29. The van der Waals surface area contributed by atoms with Crippen LogP contribution in [0.15, 0.2) is 12.1 Å². The Labute approximate surface area is 103 Å². The standard InChI is InChI=1S/C13H12O3S/c1-7(14)11-5-9-8-3-4-16-13(8)10(15-2)6-12(9)17-11/h5-6H,3-4H2,1-2H3. The molecule has 0 fully saturated rings. The number of ketones is 1. The summed E-state index contributed by atoms with van der Waals surface area (Å²) in [5.74, 6) is 1.72. The maximum absolute atomic E-state index is 11.4. The van der Waals surface area contributed by atoms with E-state index in [0.717, 1.165) is 32.9 Å². The minimum Gasteiger partial charge on any atom is -0.493 e. The van der Waals surface area contributed by atoms with E-state index in [0.29, 0.717) is 6.61 Å². The summed E-state index contributed by atoms with van der Waals surface area (Å²) in [5, 5.41) is 1.13. The van der Waals surface area contributed by atoms with Crippen LogP contribution in [-0.4, -0.2) is 19.5 Å².